The van der Waals surface area contributed by atoms with Crippen molar-refractivity contribution in [2.24, 2.45) is 0 Å². The molecule has 0 amide bonds. The number of sulfonamides is 1. The van der Waals surface area contributed by atoms with Gasteiger partial charge in [-0.05, 0) is 30.3 Å². The molecule has 0 aliphatic carbocycles. The molecule has 112 valence electrons. The normalized spacial score (nSPS) is 12.1. The molecule has 0 radical (unpaired) electrons. The number of nitrogens with zero attached hydrogens (tertiary/aromatic N) is 1. The molecule has 6 nitrogen and oxygen atoms in total. The highest BCUT2D eigenvalue weighted by atomic mass is 35.5. The highest BCUT2D eigenvalue weighted by Crippen LogP contribution is 2.20. The highest BCUT2D eigenvalue weighted by Gasteiger charge is 2.16. The molecular weight excluding hydrogens is 336 g/mol. The molecule has 0 aliphatic heterocycles. The van der Waals surface area contributed by atoms with Gasteiger partial charge in [0.15, 0.2) is 9.84 Å². The fraction of sp³-hybridized carbons (Fsp3) is 0.0833. The summed E-state index contributed by atoms with van der Waals surface area (Å²) in [6.45, 7) is 0. The van der Waals surface area contributed by atoms with Gasteiger partial charge in [-0.15, -0.1) is 0 Å². The first-order chi connectivity index (χ1) is 9.68. The summed E-state index contributed by atoms with van der Waals surface area (Å²) >= 11 is 5.66. The summed E-state index contributed by atoms with van der Waals surface area (Å²) in [5.74, 6) is 0. The van der Waals surface area contributed by atoms with E-state index in [1.165, 1.54) is 42.6 Å². The topological polar surface area (TPSA) is 93.2 Å². The molecule has 1 aromatic heterocycles. The van der Waals surface area contributed by atoms with Gasteiger partial charge < -0.3 is 0 Å². The van der Waals surface area contributed by atoms with Gasteiger partial charge in [-0.25, -0.2) is 21.8 Å². The summed E-state index contributed by atoms with van der Waals surface area (Å²) in [4.78, 5) is 3.66. The van der Waals surface area contributed by atoms with E-state index in [4.69, 9.17) is 11.6 Å². The smallest absolute Gasteiger partial charge is 0.262 e. The summed E-state index contributed by atoms with van der Waals surface area (Å²) in [5.41, 5.74) is 0.144. The van der Waals surface area contributed by atoms with Gasteiger partial charge in [-0.1, -0.05) is 17.7 Å². The molecule has 0 unspecified atom stereocenters. The lowest BCUT2D eigenvalue weighted by molar-refractivity contribution is 0.599. The molecule has 0 spiro atoms. The summed E-state index contributed by atoms with van der Waals surface area (Å²) < 4.78 is 49.6. The lowest BCUT2D eigenvalue weighted by atomic mass is 10.3. The first-order valence-electron chi connectivity index (χ1n) is 5.63. The van der Waals surface area contributed by atoms with Crippen LogP contribution >= 0.6 is 11.6 Å². The molecule has 21 heavy (non-hydrogen) atoms. The number of benzene rings is 1. The van der Waals surface area contributed by atoms with Crippen molar-refractivity contribution in [1.29, 1.82) is 0 Å². The molecular formula is C12H11ClN2O4S2. The first-order valence-corrected chi connectivity index (χ1v) is 9.38. The third-order valence-corrected chi connectivity index (χ3v) is 5.22. The quantitative estimate of drug-likeness (QED) is 0.854. The van der Waals surface area contributed by atoms with E-state index in [-0.39, 0.29) is 20.6 Å². The van der Waals surface area contributed by atoms with E-state index in [1.54, 1.807) is 0 Å². The largest absolute Gasteiger partial charge is 0.280 e. The Bertz CT molecular complexity index is 880. The minimum atomic E-state index is -3.87. The molecule has 0 fully saturated rings. The maximum Gasteiger partial charge on any atom is 0.262 e. The predicted octanol–water partition coefficient (Wildman–Crippen LogP) is 1.94. The zero-order valence-corrected chi connectivity index (χ0v) is 13.2. The Kier molecular flexibility index (Phi) is 4.22. The van der Waals surface area contributed by atoms with E-state index in [0.717, 1.165) is 6.26 Å². The number of rotatable bonds is 4. The second-order valence-electron chi connectivity index (χ2n) is 4.22. The van der Waals surface area contributed by atoms with Gasteiger partial charge in [0.2, 0.25) is 0 Å². The lowest BCUT2D eigenvalue weighted by Gasteiger charge is -2.09. The van der Waals surface area contributed by atoms with Crippen molar-refractivity contribution in [3.63, 3.8) is 0 Å². The van der Waals surface area contributed by atoms with E-state index >= 15 is 0 Å². The molecule has 2 aromatic rings. The van der Waals surface area contributed by atoms with Crippen LogP contribution in [0.5, 0.6) is 0 Å². The number of anilines is 1. The van der Waals surface area contributed by atoms with E-state index in [0.29, 0.717) is 0 Å². The van der Waals surface area contributed by atoms with Crippen LogP contribution in [0.2, 0.25) is 5.15 Å². The van der Waals surface area contributed by atoms with Gasteiger partial charge >= 0.3 is 0 Å². The number of aromatic nitrogens is 1. The Morgan fingerprint density at radius 3 is 2.38 bits per heavy atom. The molecule has 1 heterocycles. The second kappa shape index (κ2) is 5.63. The Balaban J connectivity index is 2.38. The molecule has 0 atom stereocenters. The van der Waals surface area contributed by atoms with Gasteiger partial charge in [0, 0.05) is 12.5 Å². The van der Waals surface area contributed by atoms with Crippen LogP contribution in [-0.4, -0.2) is 28.1 Å². The Morgan fingerprint density at radius 1 is 1.05 bits per heavy atom. The van der Waals surface area contributed by atoms with Gasteiger partial charge in [-0.2, -0.15) is 0 Å². The molecule has 1 aromatic carbocycles. The summed E-state index contributed by atoms with van der Waals surface area (Å²) in [6, 6.07) is 8.02. The Hall–Kier alpha value is -1.64. The van der Waals surface area contributed by atoms with Crippen molar-refractivity contribution >= 4 is 37.1 Å². The standard InChI is InChI=1S/C12H11ClN2O4S2/c1-20(16,17)10-4-2-3-9(7-10)15-21(18,19)11-5-6-14-12(13)8-11/h2-8,15H,1H3. The second-order valence-corrected chi connectivity index (χ2v) is 8.31. The summed E-state index contributed by atoms with van der Waals surface area (Å²) in [7, 11) is -7.29. The van der Waals surface area contributed by atoms with Crippen molar-refractivity contribution in [2.45, 2.75) is 9.79 Å². The number of hydrogen-bond donors (Lipinski definition) is 1. The predicted molar refractivity (Wildman–Crippen MR) is 79.6 cm³/mol. The van der Waals surface area contributed by atoms with E-state index in [9.17, 15) is 16.8 Å². The number of nitrogens with one attached hydrogen (secondary N) is 1. The van der Waals surface area contributed by atoms with Gasteiger partial charge in [0.25, 0.3) is 10.0 Å². The van der Waals surface area contributed by atoms with Crippen LogP contribution < -0.4 is 4.72 Å². The van der Waals surface area contributed by atoms with Gasteiger partial charge in [0.05, 0.1) is 15.5 Å². The maximum absolute atomic E-state index is 12.2. The number of pyridine rings is 1. The van der Waals surface area contributed by atoms with Crippen LogP contribution in [0.1, 0.15) is 0 Å². The van der Waals surface area contributed by atoms with Gasteiger partial charge in [0.1, 0.15) is 5.15 Å². The van der Waals surface area contributed by atoms with E-state index < -0.39 is 19.9 Å². The molecule has 0 saturated carbocycles. The van der Waals surface area contributed by atoms with Crippen LogP contribution in [0.25, 0.3) is 0 Å². The van der Waals surface area contributed by atoms with E-state index in [2.05, 4.69) is 9.71 Å². The minimum absolute atomic E-state index is 0.0236. The summed E-state index contributed by atoms with van der Waals surface area (Å²) in [5, 5.41) is 0.0442. The number of halogens is 1. The first kappa shape index (κ1) is 15.7. The van der Waals surface area contributed by atoms with Crippen molar-refractivity contribution in [2.75, 3.05) is 11.0 Å². The molecule has 9 heteroatoms. The fourth-order valence-corrected chi connectivity index (χ4v) is 3.52. The fourth-order valence-electron chi connectivity index (χ4n) is 1.56. The Labute approximate surface area is 127 Å². The van der Waals surface area contributed by atoms with Gasteiger partial charge in [-0.3, -0.25) is 4.72 Å². The zero-order valence-electron chi connectivity index (χ0n) is 10.8. The average molecular weight is 347 g/mol. The van der Waals surface area contributed by atoms with Crippen LogP contribution in [0.15, 0.2) is 52.4 Å². The molecule has 2 rings (SSSR count). The highest BCUT2D eigenvalue weighted by molar-refractivity contribution is 7.92. The average Bonchev–Trinajstić information content (AvgIpc) is 2.37. The van der Waals surface area contributed by atoms with Crippen LogP contribution in [0, 0.1) is 0 Å². The molecule has 0 bridgehead atoms. The Morgan fingerprint density at radius 2 is 1.76 bits per heavy atom. The third kappa shape index (κ3) is 3.93. The van der Waals surface area contributed by atoms with Crippen molar-refractivity contribution < 1.29 is 16.8 Å². The third-order valence-electron chi connectivity index (χ3n) is 2.52. The van der Waals surface area contributed by atoms with Crippen LogP contribution in [0.3, 0.4) is 0 Å². The van der Waals surface area contributed by atoms with Crippen molar-refractivity contribution in [3.05, 3.63) is 47.7 Å². The maximum atomic E-state index is 12.2. The van der Waals surface area contributed by atoms with Crippen molar-refractivity contribution in [1.82, 2.24) is 4.98 Å². The lowest BCUT2D eigenvalue weighted by Crippen LogP contribution is -2.13. The summed E-state index contributed by atoms with van der Waals surface area (Å²) in [6.07, 6.45) is 2.31. The number of hydrogen-bond acceptors (Lipinski definition) is 5. The molecule has 0 saturated heterocycles. The number of sulfone groups is 1. The zero-order chi connectivity index (χ0) is 15.7. The van der Waals surface area contributed by atoms with E-state index in [1.807, 2.05) is 0 Å². The minimum Gasteiger partial charge on any atom is -0.280 e. The van der Waals surface area contributed by atoms with Crippen LogP contribution in [-0.2, 0) is 19.9 Å². The monoisotopic (exact) mass is 346 g/mol. The SMILES string of the molecule is CS(=O)(=O)c1cccc(NS(=O)(=O)c2ccnc(Cl)c2)c1. The molecule has 0 aliphatic rings. The van der Waals surface area contributed by atoms with Crippen LogP contribution in [0.4, 0.5) is 5.69 Å². The van der Waals surface area contributed by atoms with Crippen molar-refractivity contribution in [3.8, 4) is 0 Å². The molecule has 1 N–H and O–H groups in total.